The normalized spacial score (nSPS) is 12.4. The fourth-order valence-corrected chi connectivity index (χ4v) is 4.00. The van der Waals surface area contributed by atoms with E-state index in [0.717, 1.165) is 16.8 Å². The Bertz CT molecular complexity index is 1380. The van der Waals surface area contributed by atoms with E-state index in [1.54, 1.807) is 24.4 Å². The van der Waals surface area contributed by atoms with Gasteiger partial charge in [-0.1, -0.05) is 35.9 Å². The zero-order valence-corrected chi connectivity index (χ0v) is 18.1. The van der Waals surface area contributed by atoms with Crippen LogP contribution in [0.3, 0.4) is 0 Å². The van der Waals surface area contributed by atoms with Crippen LogP contribution in [0.1, 0.15) is 22.3 Å². The molecule has 0 saturated heterocycles. The summed E-state index contributed by atoms with van der Waals surface area (Å²) in [6, 6.07) is 16.5. The van der Waals surface area contributed by atoms with Crippen molar-refractivity contribution in [3.05, 3.63) is 106 Å². The molecule has 5 rings (SSSR count). The summed E-state index contributed by atoms with van der Waals surface area (Å²) in [5.41, 5.74) is 10.00. The van der Waals surface area contributed by atoms with Crippen molar-refractivity contribution in [1.29, 1.82) is 0 Å². The molecule has 0 radical (unpaired) electrons. The van der Waals surface area contributed by atoms with E-state index < -0.39 is 11.6 Å². The Hall–Kier alpha value is -3.68. The highest BCUT2D eigenvalue weighted by Gasteiger charge is 2.25. The van der Waals surface area contributed by atoms with Crippen LogP contribution in [0.2, 0.25) is 5.02 Å². The maximum Gasteiger partial charge on any atom is 0.227 e. The monoisotopic (exact) mass is 461 g/mol. The molecule has 3 aromatic carbocycles. The van der Waals surface area contributed by atoms with E-state index in [1.807, 2.05) is 24.3 Å². The van der Waals surface area contributed by atoms with Gasteiger partial charge in [0.05, 0.1) is 23.5 Å². The molecule has 0 spiro atoms. The maximum absolute atomic E-state index is 14.7. The first kappa shape index (κ1) is 21.2. The molecule has 1 aliphatic heterocycles. The lowest BCUT2D eigenvalue weighted by atomic mass is 9.95. The van der Waals surface area contributed by atoms with Crippen LogP contribution in [0.15, 0.2) is 71.9 Å². The van der Waals surface area contributed by atoms with Crippen molar-refractivity contribution in [2.75, 3.05) is 5.32 Å². The molecule has 3 N–H and O–H groups in total. The molecule has 164 valence electrons. The molecule has 8 heteroatoms. The van der Waals surface area contributed by atoms with Gasteiger partial charge in [-0.2, -0.15) is 0 Å². The van der Waals surface area contributed by atoms with E-state index in [2.05, 4.69) is 15.3 Å². The maximum atomic E-state index is 14.7. The second-order valence-corrected chi connectivity index (χ2v) is 7.98. The molecule has 0 saturated carbocycles. The van der Waals surface area contributed by atoms with E-state index in [1.165, 1.54) is 18.2 Å². The fraction of sp³-hybridized carbons (Fsp3) is 0.0800. The van der Waals surface area contributed by atoms with Crippen LogP contribution in [0.4, 0.5) is 20.4 Å². The number of nitrogens with zero attached hydrogens (tertiary/aromatic N) is 3. The summed E-state index contributed by atoms with van der Waals surface area (Å²) in [6.07, 6.45) is 1.67. The summed E-state index contributed by atoms with van der Waals surface area (Å²) in [7, 11) is 0. The first-order valence-electron chi connectivity index (χ1n) is 10.2. The topological polar surface area (TPSA) is 76.2 Å². The molecule has 2 heterocycles. The Balaban J connectivity index is 1.63. The molecule has 0 unspecified atom stereocenters. The van der Waals surface area contributed by atoms with E-state index in [-0.39, 0.29) is 17.8 Å². The quantitative estimate of drug-likeness (QED) is 0.413. The number of nitrogens with two attached hydrogens (primary N) is 1. The van der Waals surface area contributed by atoms with Gasteiger partial charge in [0, 0.05) is 40.1 Å². The van der Waals surface area contributed by atoms with Crippen molar-refractivity contribution >= 4 is 28.9 Å². The van der Waals surface area contributed by atoms with Crippen LogP contribution in [0.25, 0.3) is 11.3 Å². The van der Waals surface area contributed by atoms with Gasteiger partial charge in [0.15, 0.2) is 0 Å². The molecular formula is C25H18ClF2N5. The van der Waals surface area contributed by atoms with Crippen molar-refractivity contribution in [3.63, 3.8) is 0 Å². The van der Waals surface area contributed by atoms with Crippen LogP contribution in [0.5, 0.6) is 0 Å². The number of aromatic nitrogens is 2. The number of anilines is 2. The number of hydrogen-bond donors (Lipinski definition) is 2. The van der Waals surface area contributed by atoms with Crippen LogP contribution in [0, 0.1) is 11.6 Å². The molecular weight excluding hydrogens is 444 g/mol. The molecule has 1 aliphatic rings. The number of halogens is 3. The van der Waals surface area contributed by atoms with Crippen molar-refractivity contribution in [3.8, 4) is 11.3 Å². The van der Waals surface area contributed by atoms with Crippen molar-refractivity contribution in [2.45, 2.75) is 13.1 Å². The lowest BCUT2D eigenvalue weighted by Crippen LogP contribution is -2.10. The zero-order valence-electron chi connectivity index (χ0n) is 17.3. The molecule has 1 aromatic heterocycles. The van der Waals surface area contributed by atoms with Gasteiger partial charge in [-0.05, 0) is 42.0 Å². The minimum atomic E-state index is -0.696. The smallest absolute Gasteiger partial charge is 0.227 e. The summed E-state index contributed by atoms with van der Waals surface area (Å²) < 4.78 is 29.3. The lowest BCUT2D eigenvalue weighted by molar-refractivity contribution is 0.579. The first-order chi connectivity index (χ1) is 16.0. The zero-order chi connectivity index (χ0) is 22.9. The van der Waals surface area contributed by atoms with Gasteiger partial charge in [0.25, 0.3) is 0 Å². The van der Waals surface area contributed by atoms with E-state index in [9.17, 15) is 8.78 Å². The Morgan fingerprint density at radius 2 is 1.76 bits per heavy atom. The van der Waals surface area contributed by atoms with Gasteiger partial charge in [-0.25, -0.2) is 18.7 Å². The van der Waals surface area contributed by atoms with Crippen molar-refractivity contribution in [1.82, 2.24) is 9.97 Å². The van der Waals surface area contributed by atoms with E-state index >= 15 is 0 Å². The van der Waals surface area contributed by atoms with Gasteiger partial charge in [-0.3, -0.25) is 4.99 Å². The number of fused-ring (bicyclic) bond motifs is 3. The van der Waals surface area contributed by atoms with Crippen LogP contribution in [-0.2, 0) is 13.1 Å². The SMILES string of the molecule is NCc1cccc(Nc2ncc3c(n2)-c2ccc(Cl)cc2C(c2c(F)cccc2F)=NC3)c1. The fourth-order valence-electron chi connectivity index (χ4n) is 3.83. The number of nitrogens with one attached hydrogen (secondary N) is 1. The van der Waals surface area contributed by atoms with E-state index in [4.69, 9.17) is 22.3 Å². The van der Waals surface area contributed by atoms with E-state index in [0.29, 0.717) is 34.3 Å². The highest BCUT2D eigenvalue weighted by Crippen LogP contribution is 2.34. The summed E-state index contributed by atoms with van der Waals surface area (Å²) >= 11 is 6.26. The Morgan fingerprint density at radius 1 is 0.970 bits per heavy atom. The molecule has 0 aliphatic carbocycles. The molecule has 0 bridgehead atoms. The standard InChI is InChI=1S/C25H18ClF2N5/c26-16-7-8-18-19(10-16)24(22-20(27)5-2-6-21(22)28)30-12-15-13-31-25(33-23(15)18)32-17-4-1-3-14(9-17)11-29/h1-10,13H,11-12,29H2,(H,31,32,33). The summed E-state index contributed by atoms with van der Waals surface area (Å²) in [5.74, 6) is -1.01. The first-order valence-corrected chi connectivity index (χ1v) is 10.6. The summed E-state index contributed by atoms with van der Waals surface area (Å²) in [5, 5.41) is 3.61. The molecule has 0 atom stereocenters. The third-order valence-corrected chi connectivity index (χ3v) is 5.62. The molecule has 33 heavy (non-hydrogen) atoms. The van der Waals surface area contributed by atoms with Crippen LogP contribution < -0.4 is 11.1 Å². The Kier molecular flexibility index (Phi) is 5.58. The average molecular weight is 462 g/mol. The molecule has 0 amide bonds. The predicted molar refractivity (Wildman–Crippen MR) is 126 cm³/mol. The highest BCUT2D eigenvalue weighted by atomic mass is 35.5. The van der Waals surface area contributed by atoms with Gasteiger partial charge >= 0.3 is 0 Å². The van der Waals surface area contributed by atoms with Crippen molar-refractivity contribution < 1.29 is 8.78 Å². The molecule has 5 nitrogen and oxygen atoms in total. The summed E-state index contributed by atoms with van der Waals surface area (Å²) in [4.78, 5) is 13.7. The molecule has 0 fully saturated rings. The third-order valence-electron chi connectivity index (χ3n) is 5.38. The van der Waals surface area contributed by atoms with Gasteiger partial charge in [-0.15, -0.1) is 0 Å². The number of benzene rings is 3. The van der Waals surface area contributed by atoms with Gasteiger partial charge in [0.1, 0.15) is 11.6 Å². The predicted octanol–water partition coefficient (Wildman–Crippen LogP) is 5.63. The Labute approximate surface area is 194 Å². The van der Waals surface area contributed by atoms with Gasteiger partial charge < -0.3 is 11.1 Å². The third kappa shape index (κ3) is 4.08. The minimum absolute atomic E-state index is 0.160. The Morgan fingerprint density at radius 3 is 2.55 bits per heavy atom. The van der Waals surface area contributed by atoms with Crippen molar-refractivity contribution in [2.24, 2.45) is 10.7 Å². The second-order valence-electron chi connectivity index (χ2n) is 7.55. The summed E-state index contributed by atoms with van der Waals surface area (Å²) in [6.45, 7) is 0.578. The second kappa shape index (κ2) is 8.69. The minimum Gasteiger partial charge on any atom is -0.326 e. The van der Waals surface area contributed by atoms with Crippen LogP contribution >= 0.6 is 11.6 Å². The largest absolute Gasteiger partial charge is 0.326 e. The number of aliphatic imine (C=N–C) groups is 1. The van der Waals surface area contributed by atoms with Crippen LogP contribution in [-0.4, -0.2) is 15.7 Å². The van der Waals surface area contributed by atoms with Gasteiger partial charge in [0.2, 0.25) is 5.95 Å². The number of rotatable bonds is 4. The highest BCUT2D eigenvalue weighted by molar-refractivity contribution is 6.31. The molecule has 4 aromatic rings. The number of hydrogen-bond acceptors (Lipinski definition) is 5. The lowest BCUT2D eigenvalue weighted by Gasteiger charge is -2.13. The average Bonchev–Trinajstić information content (AvgIpc) is 2.96.